The molecule has 0 saturated carbocycles. The summed E-state index contributed by atoms with van der Waals surface area (Å²) in [5.74, 6) is -0.176. The standard InChI is InChI=1S/C9H16O3S/c1-5-13(11,12)7-6-8(10)9(2,3)4/h5H,1,6-7H2,2-4H3. The van der Waals surface area contributed by atoms with E-state index in [4.69, 9.17) is 0 Å². The molecule has 3 nitrogen and oxygen atoms in total. The van der Waals surface area contributed by atoms with E-state index in [0.29, 0.717) is 0 Å². The molecule has 4 heteroatoms. The van der Waals surface area contributed by atoms with Gasteiger partial charge in [-0.2, -0.15) is 0 Å². The number of hydrogen-bond donors (Lipinski definition) is 0. The van der Waals surface area contributed by atoms with Crippen LogP contribution in [-0.4, -0.2) is 20.0 Å². The summed E-state index contributed by atoms with van der Waals surface area (Å²) in [7, 11) is -3.23. The fraction of sp³-hybridized carbons (Fsp3) is 0.667. The third-order valence-electron chi connectivity index (χ3n) is 1.70. The van der Waals surface area contributed by atoms with Gasteiger partial charge in [0.2, 0.25) is 0 Å². The van der Waals surface area contributed by atoms with Crippen LogP contribution in [0.3, 0.4) is 0 Å². The van der Waals surface area contributed by atoms with Crippen LogP contribution in [0.25, 0.3) is 0 Å². The van der Waals surface area contributed by atoms with Gasteiger partial charge in [0.15, 0.2) is 9.84 Å². The van der Waals surface area contributed by atoms with Crippen LogP contribution in [0.5, 0.6) is 0 Å². The average Bonchev–Trinajstić information content (AvgIpc) is 1.98. The molecule has 0 saturated heterocycles. The Hall–Kier alpha value is -0.640. The Labute approximate surface area is 79.8 Å². The van der Waals surface area contributed by atoms with Gasteiger partial charge in [0.1, 0.15) is 5.78 Å². The van der Waals surface area contributed by atoms with Crippen molar-refractivity contribution in [2.45, 2.75) is 27.2 Å². The predicted molar refractivity (Wildman–Crippen MR) is 53.1 cm³/mol. The van der Waals surface area contributed by atoms with Crippen LogP contribution in [0.15, 0.2) is 12.0 Å². The summed E-state index contributed by atoms with van der Waals surface area (Å²) in [6, 6.07) is 0. The molecule has 0 heterocycles. The summed E-state index contributed by atoms with van der Waals surface area (Å²) in [5, 5.41) is 0.892. The first-order valence-corrected chi connectivity index (χ1v) is 5.79. The van der Waals surface area contributed by atoms with Crippen molar-refractivity contribution >= 4 is 15.6 Å². The largest absolute Gasteiger partial charge is 0.299 e. The van der Waals surface area contributed by atoms with Crippen molar-refractivity contribution < 1.29 is 13.2 Å². The summed E-state index contributed by atoms with van der Waals surface area (Å²) in [6.07, 6.45) is 0.0673. The maximum absolute atomic E-state index is 11.3. The lowest BCUT2D eigenvalue weighted by Gasteiger charge is -2.15. The summed E-state index contributed by atoms with van der Waals surface area (Å²) in [5.41, 5.74) is -0.462. The van der Waals surface area contributed by atoms with Crippen LogP contribution in [0.4, 0.5) is 0 Å². The lowest BCUT2D eigenvalue weighted by Crippen LogP contribution is -2.22. The zero-order valence-electron chi connectivity index (χ0n) is 8.33. The summed E-state index contributed by atoms with van der Waals surface area (Å²) < 4.78 is 21.9. The highest BCUT2D eigenvalue weighted by atomic mass is 32.2. The van der Waals surface area contributed by atoms with Gasteiger partial charge in [-0.3, -0.25) is 4.79 Å². The topological polar surface area (TPSA) is 51.2 Å². The molecule has 76 valence electrons. The van der Waals surface area contributed by atoms with Crippen molar-refractivity contribution in [1.82, 2.24) is 0 Å². The minimum absolute atomic E-state index is 0.0436. The second-order valence-corrected chi connectivity index (χ2v) is 6.02. The molecule has 0 bridgehead atoms. The van der Waals surface area contributed by atoms with E-state index < -0.39 is 15.3 Å². The van der Waals surface area contributed by atoms with Crippen molar-refractivity contribution in [3.63, 3.8) is 0 Å². The van der Waals surface area contributed by atoms with Crippen LogP contribution < -0.4 is 0 Å². The van der Waals surface area contributed by atoms with Crippen LogP contribution in [0.1, 0.15) is 27.2 Å². The summed E-state index contributed by atoms with van der Waals surface area (Å²) >= 11 is 0. The number of carbonyl (C=O) groups excluding carboxylic acids is 1. The zero-order chi connectivity index (χ0) is 10.7. The van der Waals surface area contributed by atoms with E-state index in [1.165, 1.54) is 0 Å². The Balaban J connectivity index is 4.22. The molecule has 0 spiro atoms. The lowest BCUT2D eigenvalue weighted by molar-refractivity contribution is -0.125. The van der Waals surface area contributed by atoms with Crippen molar-refractivity contribution in [1.29, 1.82) is 0 Å². The first-order valence-electron chi connectivity index (χ1n) is 4.07. The lowest BCUT2D eigenvalue weighted by atomic mass is 9.89. The smallest absolute Gasteiger partial charge is 0.171 e. The van der Waals surface area contributed by atoms with Gasteiger partial charge in [0.25, 0.3) is 0 Å². The van der Waals surface area contributed by atoms with E-state index in [1.807, 2.05) is 0 Å². The van der Waals surface area contributed by atoms with Gasteiger partial charge in [-0.15, -0.1) is 0 Å². The maximum atomic E-state index is 11.3. The van der Waals surface area contributed by atoms with Crippen LogP contribution in [0.2, 0.25) is 0 Å². The van der Waals surface area contributed by atoms with Gasteiger partial charge in [-0.1, -0.05) is 27.4 Å². The molecule has 0 aliphatic rings. The van der Waals surface area contributed by atoms with E-state index in [9.17, 15) is 13.2 Å². The van der Waals surface area contributed by atoms with Crippen molar-refractivity contribution in [3.8, 4) is 0 Å². The Morgan fingerprint density at radius 2 is 1.85 bits per heavy atom. The van der Waals surface area contributed by atoms with Crippen LogP contribution in [-0.2, 0) is 14.6 Å². The minimum Gasteiger partial charge on any atom is -0.299 e. The van der Waals surface area contributed by atoms with Crippen LogP contribution >= 0.6 is 0 Å². The molecule has 0 aliphatic carbocycles. The van der Waals surface area contributed by atoms with Crippen molar-refractivity contribution in [3.05, 3.63) is 12.0 Å². The highest BCUT2D eigenvalue weighted by Gasteiger charge is 2.22. The minimum atomic E-state index is -3.23. The normalized spacial score (nSPS) is 12.5. The van der Waals surface area contributed by atoms with E-state index in [1.54, 1.807) is 20.8 Å². The number of carbonyl (C=O) groups is 1. The number of Topliss-reactive ketones (excluding diaryl/α,β-unsaturated/α-hetero) is 1. The Morgan fingerprint density at radius 1 is 1.38 bits per heavy atom. The monoisotopic (exact) mass is 204 g/mol. The fourth-order valence-electron chi connectivity index (χ4n) is 0.693. The van der Waals surface area contributed by atoms with E-state index in [0.717, 1.165) is 5.41 Å². The quantitative estimate of drug-likeness (QED) is 0.698. The molecule has 0 N–H and O–H groups in total. The molecule has 0 amide bonds. The van der Waals surface area contributed by atoms with E-state index >= 15 is 0 Å². The number of hydrogen-bond acceptors (Lipinski definition) is 3. The molecule has 0 radical (unpaired) electrons. The highest BCUT2D eigenvalue weighted by molar-refractivity contribution is 7.94. The molecular formula is C9H16O3S. The third-order valence-corrected chi connectivity index (χ3v) is 2.99. The Kier molecular flexibility index (Phi) is 3.85. The Bertz CT molecular complexity index is 293. The molecule has 0 aromatic rings. The molecule has 13 heavy (non-hydrogen) atoms. The summed E-state index contributed by atoms with van der Waals surface area (Å²) in [4.78, 5) is 11.3. The van der Waals surface area contributed by atoms with Gasteiger partial charge in [-0.25, -0.2) is 8.42 Å². The molecule has 0 atom stereocenters. The molecule has 0 aromatic carbocycles. The van der Waals surface area contributed by atoms with E-state index in [-0.39, 0.29) is 18.0 Å². The van der Waals surface area contributed by atoms with Gasteiger partial charge in [-0.05, 0) is 0 Å². The number of rotatable bonds is 4. The second kappa shape index (κ2) is 4.05. The molecule has 0 rings (SSSR count). The fourth-order valence-corrected chi connectivity index (χ4v) is 1.33. The zero-order valence-corrected chi connectivity index (χ0v) is 9.15. The first-order chi connectivity index (χ1) is 5.69. The molecule has 0 unspecified atom stereocenters. The van der Waals surface area contributed by atoms with Crippen LogP contribution in [0, 0.1) is 5.41 Å². The van der Waals surface area contributed by atoms with Crippen molar-refractivity contribution in [2.75, 3.05) is 5.75 Å². The van der Waals surface area contributed by atoms with Gasteiger partial charge < -0.3 is 0 Å². The first kappa shape index (κ1) is 12.4. The van der Waals surface area contributed by atoms with E-state index in [2.05, 4.69) is 6.58 Å². The number of ketones is 1. The molecular weight excluding hydrogens is 188 g/mol. The summed E-state index contributed by atoms with van der Waals surface area (Å²) in [6.45, 7) is 8.49. The van der Waals surface area contributed by atoms with Gasteiger partial charge in [0.05, 0.1) is 5.75 Å². The molecule has 0 aliphatic heterocycles. The molecule has 0 aromatic heterocycles. The predicted octanol–water partition coefficient (Wildman–Crippen LogP) is 1.55. The maximum Gasteiger partial charge on any atom is 0.171 e. The second-order valence-electron chi connectivity index (χ2n) is 3.96. The highest BCUT2D eigenvalue weighted by Crippen LogP contribution is 2.17. The SMILES string of the molecule is C=CS(=O)(=O)CCC(=O)C(C)(C)C. The van der Waals surface area contributed by atoms with Gasteiger partial charge >= 0.3 is 0 Å². The molecule has 0 fully saturated rings. The third kappa shape index (κ3) is 4.83. The number of sulfone groups is 1. The Morgan fingerprint density at radius 3 is 2.15 bits per heavy atom. The van der Waals surface area contributed by atoms with Crippen molar-refractivity contribution in [2.24, 2.45) is 5.41 Å². The average molecular weight is 204 g/mol. The van der Waals surface area contributed by atoms with Gasteiger partial charge in [0, 0.05) is 17.2 Å².